The molecule has 148 valence electrons. The number of nitrogens with one attached hydrogen (secondary N) is 2. The van der Waals surface area contributed by atoms with Crippen LogP contribution in [0.2, 0.25) is 0 Å². The highest BCUT2D eigenvalue weighted by atomic mass is 16.5. The van der Waals surface area contributed by atoms with Crippen LogP contribution in [0.1, 0.15) is 26.7 Å². The Hall–Kier alpha value is -3.34. The van der Waals surface area contributed by atoms with E-state index in [-0.39, 0.29) is 29.3 Å². The summed E-state index contributed by atoms with van der Waals surface area (Å²) in [5.74, 6) is -0.953. The number of esters is 1. The molecule has 0 aromatic heterocycles. The first-order chi connectivity index (χ1) is 13.4. The maximum atomic E-state index is 12.6. The van der Waals surface area contributed by atoms with Crippen molar-refractivity contribution in [1.29, 1.82) is 5.26 Å². The van der Waals surface area contributed by atoms with Crippen molar-refractivity contribution in [2.75, 3.05) is 30.3 Å². The molecule has 0 radical (unpaired) electrons. The largest absolute Gasteiger partial charge is 0.466 e. The van der Waals surface area contributed by atoms with Gasteiger partial charge < -0.3 is 20.3 Å². The van der Waals surface area contributed by atoms with Gasteiger partial charge in [-0.15, -0.1) is 0 Å². The lowest BCUT2D eigenvalue weighted by atomic mass is 9.96. The number of ether oxygens (including phenoxy) is 1. The van der Waals surface area contributed by atoms with Crippen LogP contribution in [-0.2, 0) is 19.1 Å². The van der Waals surface area contributed by atoms with E-state index in [1.54, 1.807) is 36.1 Å². The van der Waals surface area contributed by atoms with Crippen molar-refractivity contribution < 1.29 is 19.1 Å². The summed E-state index contributed by atoms with van der Waals surface area (Å²) in [5.41, 5.74) is 1.32. The number of likely N-dealkylation sites (tertiary alicyclic amines) is 1. The minimum Gasteiger partial charge on any atom is -0.466 e. The molecule has 28 heavy (non-hydrogen) atoms. The second kappa shape index (κ2) is 10.1. The molecule has 0 unspecified atom stereocenters. The molecule has 1 aliphatic rings. The minimum absolute atomic E-state index is 0.0134. The number of anilines is 2. The van der Waals surface area contributed by atoms with Gasteiger partial charge in [-0.2, -0.15) is 5.26 Å². The van der Waals surface area contributed by atoms with Crippen LogP contribution in [0.4, 0.5) is 11.4 Å². The van der Waals surface area contributed by atoms with Gasteiger partial charge in [0.1, 0.15) is 11.6 Å². The molecule has 1 heterocycles. The van der Waals surface area contributed by atoms with E-state index >= 15 is 0 Å². The van der Waals surface area contributed by atoms with E-state index in [9.17, 15) is 19.6 Å². The predicted molar refractivity (Wildman–Crippen MR) is 104 cm³/mol. The summed E-state index contributed by atoms with van der Waals surface area (Å²) >= 11 is 0. The van der Waals surface area contributed by atoms with Gasteiger partial charge in [0.2, 0.25) is 5.91 Å². The summed E-state index contributed by atoms with van der Waals surface area (Å²) in [6.45, 7) is 4.35. The lowest BCUT2D eigenvalue weighted by Gasteiger charge is -2.30. The Labute approximate surface area is 164 Å². The molecule has 0 bridgehead atoms. The highest BCUT2D eigenvalue weighted by molar-refractivity contribution is 5.97. The Morgan fingerprint density at radius 2 is 1.82 bits per heavy atom. The molecule has 1 saturated heterocycles. The van der Waals surface area contributed by atoms with Crippen molar-refractivity contribution >= 4 is 29.2 Å². The van der Waals surface area contributed by atoms with Crippen molar-refractivity contribution in [2.45, 2.75) is 26.7 Å². The number of carbonyl (C=O) groups is 3. The van der Waals surface area contributed by atoms with Crippen molar-refractivity contribution in [3.63, 3.8) is 0 Å². The molecule has 2 amide bonds. The topological polar surface area (TPSA) is 112 Å². The number of hydrogen-bond acceptors (Lipinski definition) is 6. The van der Waals surface area contributed by atoms with Crippen molar-refractivity contribution in [1.82, 2.24) is 4.90 Å². The fourth-order valence-electron chi connectivity index (χ4n) is 2.90. The zero-order valence-corrected chi connectivity index (χ0v) is 16.0. The highest BCUT2D eigenvalue weighted by Gasteiger charge is 2.29. The Bertz CT molecular complexity index is 787. The van der Waals surface area contributed by atoms with Gasteiger partial charge in [-0.05, 0) is 44.0 Å². The van der Waals surface area contributed by atoms with E-state index in [1.165, 1.54) is 13.1 Å². The van der Waals surface area contributed by atoms with Crippen LogP contribution in [0.3, 0.4) is 0 Å². The van der Waals surface area contributed by atoms with E-state index in [2.05, 4.69) is 10.6 Å². The molecule has 1 aromatic carbocycles. The predicted octanol–water partition coefficient (Wildman–Crippen LogP) is 2.27. The fourth-order valence-corrected chi connectivity index (χ4v) is 2.90. The zero-order valence-electron chi connectivity index (χ0n) is 16.0. The quantitative estimate of drug-likeness (QED) is 0.442. The van der Waals surface area contributed by atoms with Crippen LogP contribution in [0.15, 0.2) is 36.0 Å². The molecule has 0 saturated carbocycles. The first-order valence-electron chi connectivity index (χ1n) is 9.15. The molecule has 1 aromatic rings. The lowest BCUT2D eigenvalue weighted by Crippen LogP contribution is -2.41. The number of benzene rings is 1. The van der Waals surface area contributed by atoms with Gasteiger partial charge in [0.05, 0.1) is 12.5 Å². The Morgan fingerprint density at radius 3 is 2.36 bits per heavy atom. The average molecular weight is 384 g/mol. The van der Waals surface area contributed by atoms with Gasteiger partial charge in [0.25, 0.3) is 5.91 Å². The number of nitrogens with zero attached hydrogens (tertiary/aromatic N) is 2. The molecule has 1 fully saturated rings. The summed E-state index contributed by atoms with van der Waals surface area (Å²) in [6.07, 6.45) is 2.43. The lowest BCUT2D eigenvalue weighted by molar-refractivity contribution is -0.150. The molecule has 2 N–H and O–H groups in total. The van der Waals surface area contributed by atoms with Gasteiger partial charge in [-0.1, -0.05) is 0 Å². The minimum atomic E-state index is -0.368. The molecule has 1 aliphatic heterocycles. The highest BCUT2D eigenvalue weighted by Crippen LogP contribution is 2.20. The second-order valence-electron chi connectivity index (χ2n) is 6.39. The number of amides is 2. The summed E-state index contributed by atoms with van der Waals surface area (Å²) in [5, 5.41) is 14.9. The fraction of sp³-hybridized carbons (Fsp3) is 0.400. The summed E-state index contributed by atoms with van der Waals surface area (Å²) in [7, 11) is 0. The number of hydrogen-bond donors (Lipinski definition) is 2. The zero-order chi connectivity index (χ0) is 20.5. The van der Waals surface area contributed by atoms with E-state index in [0.717, 1.165) is 0 Å². The van der Waals surface area contributed by atoms with Crippen LogP contribution in [0.5, 0.6) is 0 Å². The van der Waals surface area contributed by atoms with E-state index in [0.29, 0.717) is 43.9 Å². The van der Waals surface area contributed by atoms with Gasteiger partial charge in [-0.3, -0.25) is 14.4 Å². The SMILES string of the molecule is CCOC(=O)C1CCN(C(=O)/C(C#N)=C\Nc2ccc(NC(C)=O)cc2)CC1. The summed E-state index contributed by atoms with van der Waals surface area (Å²) in [6, 6.07) is 8.80. The molecule has 0 atom stereocenters. The molecule has 0 aliphatic carbocycles. The molecule has 8 heteroatoms. The Morgan fingerprint density at radius 1 is 1.21 bits per heavy atom. The van der Waals surface area contributed by atoms with Crippen molar-refractivity contribution in [3.05, 3.63) is 36.0 Å². The van der Waals surface area contributed by atoms with Gasteiger partial charge in [-0.25, -0.2) is 0 Å². The van der Waals surface area contributed by atoms with Crippen molar-refractivity contribution in [3.8, 4) is 6.07 Å². The van der Waals surface area contributed by atoms with E-state index < -0.39 is 0 Å². The molecule has 2 rings (SSSR count). The summed E-state index contributed by atoms with van der Waals surface area (Å²) in [4.78, 5) is 36.9. The maximum Gasteiger partial charge on any atom is 0.309 e. The normalized spacial score (nSPS) is 14.8. The van der Waals surface area contributed by atoms with Gasteiger partial charge in [0, 0.05) is 37.6 Å². The third kappa shape index (κ3) is 5.84. The molecular formula is C20H24N4O4. The number of piperidine rings is 1. The Balaban J connectivity index is 1.93. The van der Waals surface area contributed by atoms with Crippen LogP contribution < -0.4 is 10.6 Å². The van der Waals surface area contributed by atoms with Crippen LogP contribution in [0.25, 0.3) is 0 Å². The number of carbonyl (C=O) groups excluding carboxylic acids is 3. The smallest absolute Gasteiger partial charge is 0.309 e. The van der Waals surface area contributed by atoms with Crippen LogP contribution in [0, 0.1) is 17.2 Å². The summed E-state index contributed by atoms with van der Waals surface area (Å²) < 4.78 is 5.02. The first-order valence-corrected chi connectivity index (χ1v) is 9.15. The second-order valence-corrected chi connectivity index (χ2v) is 6.39. The maximum absolute atomic E-state index is 12.6. The molecular weight excluding hydrogens is 360 g/mol. The third-order valence-corrected chi connectivity index (χ3v) is 4.34. The van der Waals surface area contributed by atoms with Gasteiger partial charge in [0.15, 0.2) is 0 Å². The van der Waals surface area contributed by atoms with E-state index in [4.69, 9.17) is 4.74 Å². The average Bonchev–Trinajstić information content (AvgIpc) is 2.69. The van der Waals surface area contributed by atoms with Crippen LogP contribution in [-0.4, -0.2) is 42.4 Å². The number of rotatable bonds is 6. The van der Waals surface area contributed by atoms with Crippen LogP contribution >= 0.6 is 0 Å². The van der Waals surface area contributed by atoms with Gasteiger partial charge >= 0.3 is 5.97 Å². The van der Waals surface area contributed by atoms with Crippen molar-refractivity contribution in [2.24, 2.45) is 5.92 Å². The van der Waals surface area contributed by atoms with E-state index in [1.807, 2.05) is 6.07 Å². The molecule has 0 spiro atoms. The third-order valence-electron chi connectivity index (χ3n) is 4.34. The monoisotopic (exact) mass is 384 g/mol. The number of nitriles is 1. The molecule has 8 nitrogen and oxygen atoms in total. The first kappa shape index (κ1) is 21.0. The standard InChI is InChI=1S/C20H24N4O4/c1-3-28-20(27)15-8-10-24(11-9-15)19(26)16(12-21)13-22-17-4-6-18(7-5-17)23-14(2)25/h4-7,13,15,22H,3,8-11H2,1-2H3,(H,23,25)/b16-13-. The Kier molecular flexibility index (Phi) is 7.57.